The zero-order chi connectivity index (χ0) is 19.2. The highest BCUT2D eigenvalue weighted by Crippen LogP contribution is 2.25. The summed E-state index contributed by atoms with van der Waals surface area (Å²) in [6.07, 6.45) is 0. The van der Waals surface area contributed by atoms with Gasteiger partial charge in [-0.2, -0.15) is 4.68 Å². The highest BCUT2D eigenvalue weighted by molar-refractivity contribution is 7.99. The molecule has 3 aromatic rings. The van der Waals surface area contributed by atoms with Gasteiger partial charge in [0.25, 0.3) is 0 Å². The molecule has 0 aliphatic heterocycles. The van der Waals surface area contributed by atoms with E-state index < -0.39 is 0 Å². The van der Waals surface area contributed by atoms with Gasteiger partial charge in [-0.25, -0.2) is 0 Å². The quantitative estimate of drug-likeness (QED) is 0.630. The van der Waals surface area contributed by atoms with Gasteiger partial charge in [0.2, 0.25) is 11.1 Å². The topological polar surface area (TPSA) is 81.9 Å². The summed E-state index contributed by atoms with van der Waals surface area (Å²) in [6.45, 7) is 6.46. The number of tetrazole rings is 1. The molecule has 1 N–H and O–H groups in total. The molecule has 0 spiro atoms. The number of hydrogen-bond acceptors (Lipinski definition) is 6. The molecule has 0 unspecified atom stereocenters. The van der Waals surface area contributed by atoms with Crippen molar-refractivity contribution in [3.05, 3.63) is 53.6 Å². The van der Waals surface area contributed by atoms with Gasteiger partial charge in [0.1, 0.15) is 5.75 Å². The number of carbonyl (C=O) groups is 1. The van der Waals surface area contributed by atoms with E-state index in [-0.39, 0.29) is 11.7 Å². The minimum Gasteiger partial charge on any atom is -0.492 e. The Morgan fingerprint density at radius 3 is 2.85 bits per heavy atom. The van der Waals surface area contributed by atoms with Crippen LogP contribution >= 0.6 is 11.8 Å². The third-order valence-electron chi connectivity index (χ3n) is 3.83. The normalized spacial score (nSPS) is 10.6. The van der Waals surface area contributed by atoms with Crippen LogP contribution in [-0.4, -0.2) is 38.5 Å². The maximum atomic E-state index is 12.4. The van der Waals surface area contributed by atoms with Crippen LogP contribution in [0.3, 0.4) is 0 Å². The van der Waals surface area contributed by atoms with E-state index in [1.807, 2.05) is 63.2 Å². The van der Waals surface area contributed by atoms with Crippen LogP contribution in [0.5, 0.6) is 5.75 Å². The van der Waals surface area contributed by atoms with E-state index in [1.165, 1.54) is 11.8 Å². The lowest BCUT2D eigenvalue weighted by Gasteiger charge is -2.11. The third-order valence-corrected chi connectivity index (χ3v) is 4.75. The summed E-state index contributed by atoms with van der Waals surface area (Å²) in [5.74, 6) is 0.687. The summed E-state index contributed by atoms with van der Waals surface area (Å²) in [5, 5.41) is 15.3. The first kappa shape index (κ1) is 18.9. The minimum absolute atomic E-state index is 0.150. The number of para-hydroxylation sites is 2. The lowest BCUT2D eigenvalue weighted by molar-refractivity contribution is -0.113. The van der Waals surface area contributed by atoms with Gasteiger partial charge >= 0.3 is 0 Å². The second-order valence-corrected chi connectivity index (χ2v) is 6.87. The largest absolute Gasteiger partial charge is 0.492 e. The maximum absolute atomic E-state index is 12.4. The van der Waals surface area contributed by atoms with E-state index in [0.717, 1.165) is 16.8 Å². The molecule has 7 nitrogen and oxygen atoms in total. The van der Waals surface area contributed by atoms with Crippen LogP contribution in [0.1, 0.15) is 18.1 Å². The summed E-state index contributed by atoms with van der Waals surface area (Å²) in [6, 6.07) is 13.5. The Labute approximate surface area is 162 Å². The van der Waals surface area contributed by atoms with Crippen molar-refractivity contribution in [1.29, 1.82) is 0 Å². The Morgan fingerprint density at radius 1 is 1.22 bits per heavy atom. The van der Waals surface area contributed by atoms with Crippen molar-refractivity contribution in [2.45, 2.75) is 25.9 Å². The average molecular weight is 383 g/mol. The molecule has 0 saturated heterocycles. The van der Waals surface area contributed by atoms with Crippen molar-refractivity contribution < 1.29 is 9.53 Å². The van der Waals surface area contributed by atoms with Gasteiger partial charge in [0, 0.05) is 0 Å². The van der Waals surface area contributed by atoms with Crippen LogP contribution in [0.4, 0.5) is 5.69 Å². The van der Waals surface area contributed by atoms with E-state index in [4.69, 9.17) is 4.74 Å². The number of aryl methyl sites for hydroxylation is 2. The molecule has 0 radical (unpaired) electrons. The Bertz CT molecular complexity index is 941. The van der Waals surface area contributed by atoms with Crippen molar-refractivity contribution in [1.82, 2.24) is 20.2 Å². The molecule has 2 aromatic carbocycles. The standard InChI is InChI=1S/C19H21N5O2S/c1-4-26-17-8-6-5-7-15(17)20-18(25)12-27-19-21-22-23-24(19)16-11-13(2)9-10-14(16)3/h5-11H,4,12H2,1-3H3,(H,20,25). The number of rotatable bonds is 7. The molecule has 1 amide bonds. The van der Waals surface area contributed by atoms with Gasteiger partial charge in [-0.15, -0.1) is 5.10 Å². The molecule has 0 saturated carbocycles. The summed E-state index contributed by atoms with van der Waals surface area (Å²) in [5.41, 5.74) is 3.74. The van der Waals surface area contributed by atoms with Crippen molar-refractivity contribution in [2.24, 2.45) is 0 Å². The SMILES string of the molecule is CCOc1ccccc1NC(=O)CSc1nnnn1-c1cc(C)ccc1C. The smallest absolute Gasteiger partial charge is 0.234 e. The molecular weight excluding hydrogens is 362 g/mol. The zero-order valence-electron chi connectivity index (χ0n) is 15.5. The fourth-order valence-corrected chi connectivity index (χ4v) is 3.22. The zero-order valence-corrected chi connectivity index (χ0v) is 16.3. The fraction of sp³-hybridized carbons (Fsp3) is 0.263. The number of benzene rings is 2. The molecule has 0 atom stereocenters. The Morgan fingerprint density at radius 2 is 2.04 bits per heavy atom. The molecule has 0 aliphatic carbocycles. The van der Waals surface area contributed by atoms with Gasteiger partial charge in [-0.05, 0) is 60.5 Å². The van der Waals surface area contributed by atoms with Gasteiger partial charge < -0.3 is 10.1 Å². The lowest BCUT2D eigenvalue weighted by atomic mass is 10.1. The van der Waals surface area contributed by atoms with Crippen LogP contribution in [-0.2, 0) is 4.79 Å². The van der Waals surface area contributed by atoms with Crippen molar-refractivity contribution in [3.63, 3.8) is 0 Å². The maximum Gasteiger partial charge on any atom is 0.234 e. The Balaban J connectivity index is 1.69. The molecule has 3 rings (SSSR count). The number of carbonyl (C=O) groups excluding carboxylic acids is 1. The molecule has 0 bridgehead atoms. The number of aromatic nitrogens is 4. The summed E-state index contributed by atoms with van der Waals surface area (Å²) >= 11 is 1.28. The highest BCUT2D eigenvalue weighted by atomic mass is 32.2. The fourth-order valence-electron chi connectivity index (χ4n) is 2.54. The molecule has 0 aliphatic rings. The summed E-state index contributed by atoms with van der Waals surface area (Å²) < 4.78 is 7.19. The first-order valence-corrected chi connectivity index (χ1v) is 9.57. The van der Waals surface area contributed by atoms with Crippen LogP contribution in [0.2, 0.25) is 0 Å². The molecule has 8 heteroatoms. The number of ether oxygens (including phenoxy) is 1. The number of anilines is 1. The first-order valence-electron chi connectivity index (χ1n) is 8.59. The van der Waals surface area contributed by atoms with Crippen LogP contribution in [0, 0.1) is 13.8 Å². The van der Waals surface area contributed by atoms with Crippen LogP contribution in [0.15, 0.2) is 47.6 Å². The van der Waals surface area contributed by atoms with E-state index in [2.05, 4.69) is 20.8 Å². The molecule has 1 aromatic heterocycles. The van der Waals surface area contributed by atoms with Crippen molar-refractivity contribution in [3.8, 4) is 11.4 Å². The summed E-state index contributed by atoms with van der Waals surface area (Å²) in [4.78, 5) is 12.4. The molecule has 140 valence electrons. The molecule has 1 heterocycles. The predicted octanol–water partition coefficient (Wildman–Crippen LogP) is 3.41. The van der Waals surface area contributed by atoms with Gasteiger partial charge in [-0.3, -0.25) is 4.79 Å². The highest BCUT2D eigenvalue weighted by Gasteiger charge is 2.14. The predicted molar refractivity (Wildman–Crippen MR) is 106 cm³/mol. The lowest BCUT2D eigenvalue weighted by Crippen LogP contribution is -2.15. The first-order chi connectivity index (χ1) is 13.1. The van der Waals surface area contributed by atoms with E-state index >= 15 is 0 Å². The molecular formula is C19H21N5O2S. The third kappa shape index (κ3) is 4.65. The number of thioether (sulfide) groups is 1. The second-order valence-electron chi connectivity index (χ2n) is 5.93. The second kappa shape index (κ2) is 8.68. The van der Waals surface area contributed by atoms with Crippen molar-refractivity contribution in [2.75, 3.05) is 17.7 Å². The molecule has 27 heavy (non-hydrogen) atoms. The monoisotopic (exact) mass is 383 g/mol. The Kier molecular flexibility index (Phi) is 6.08. The average Bonchev–Trinajstić information content (AvgIpc) is 3.12. The van der Waals surface area contributed by atoms with Gasteiger partial charge in [0.15, 0.2) is 0 Å². The van der Waals surface area contributed by atoms with Gasteiger partial charge in [-0.1, -0.05) is 36.0 Å². The summed E-state index contributed by atoms with van der Waals surface area (Å²) in [7, 11) is 0. The van der Waals surface area contributed by atoms with Crippen LogP contribution < -0.4 is 10.1 Å². The number of amides is 1. The van der Waals surface area contributed by atoms with Crippen molar-refractivity contribution >= 4 is 23.4 Å². The van der Waals surface area contributed by atoms with E-state index in [1.54, 1.807) is 4.68 Å². The van der Waals surface area contributed by atoms with Crippen LogP contribution in [0.25, 0.3) is 5.69 Å². The Hall–Kier alpha value is -2.87. The van der Waals surface area contributed by atoms with E-state index in [9.17, 15) is 4.79 Å². The number of nitrogens with one attached hydrogen (secondary N) is 1. The van der Waals surface area contributed by atoms with E-state index in [0.29, 0.717) is 23.2 Å². The minimum atomic E-state index is -0.150. The number of hydrogen-bond donors (Lipinski definition) is 1. The van der Waals surface area contributed by atoms with Gasteiger partial charge in [0.05, 0.1) is 23.7 Å². The molecule has 0 fully saturated rings. The number of nitrogens with zero attached hydrogens (tertiary/aromatic N) is 4.